The summed E-state index contributed by atoms with van der Waals surface area (Å²) in [5, 5.41) is 8.84. The van der Waals surface area contributed by atoms with Gasteiger partial charge in [-0.2, -0.15) is 9.40 Å². The largest absolute Gasteiger partial charge is 0.360 e. The van der Waals surface area contributed by atoms with Crippen molar-refractivity contribution < 1.29 is 17.6 Å². The highest BCUT2D eigenvalue weighted by Crippen LogP contribution is 2.40. The number of aromatic amines is 1. The van der Waals surface area contributed by atoms with Crippen molar-refractivity contribution in [2.45, 2.75) is 36.2 Å². The van der Waals surface area contributed by atoms with Crippen LogP contribution in [0.5, 0.6) is 0 Å². The zero-order chi connectivity index (χ0) is 31.3. The maximum atomic E-state index is 14.0. The molecule has 0 aliphatic carbocycles. The van der Waals surface area contributed by atoms with Crippen molar-refractivity contribution in [3.05, 3.63) is 87.8 Å². The maximum Gasteiger partial charge on any atom is 0.255 e. The number of amides is 1. The number of halogens is 3. The van der Waals surface area contributed by atoms with Crippen LogP contribution >= 0.6 is 23.2 Å². The molecule has 3 aliphatic rings. The summed E-state index contributed by atoms with van der Waals surface area (Å²) in [6.45, 7) is 3.91. The summed E-state index contributed by atoms with van der Waals surface area (Å²) in [5.74, 6) is -0.720. The summed E-state index contributed by atoms with van der Waals surface area (Å²) in [6, 6.07) is 15.1. The summed E-state index contributed by atoms with van der Waals surface area (Å²) >= 11 is 12.2. The fourth-order valence-electron chi connectivity index (χ4n) is 6.94. The number of nitrogens with zero attached hydrogens (tertiary/aromatic N) is 5. The first-order chi connectivity index (χ1) is 21.7. The van der Waals surface area contributed by atoms with E-state index in [4.69, 9.17) is 23.2 Å². The van der Waals surface area contributed by atoms with E-state index < -0.39 is 15.8 Å². The Morgan fingerprint density at radius 3 is 2.36 bits per heavy atom. The first-order valence-corrected chi connectivity index (χ1v) is 17.3. The number of likely N-dealkylation sites (tertiary alicyclic amines) is 1. The minimum atomic E-state index is -3.76. The Morgan fingerprint density at radius 1 is 0.956 bits per heavy atom. The van der Waals surface area contributed by atoms with Gasteiger partial charge in [-0.25, -0.2) is 12.8 Å². The standard InChI is InChI=1S/C32H33Cl2FN6O3S/c33-23-3-1-21(2-4-23)9-10-38-11-13-40(14-12-38)45(43,44)27-15-22-18-36-37-31(22)30(17-27)41-25-6-7-26(41)20-39(19-25)32(42)28-8-5-24(35)16-29(28)34/h1-5,8,15-18,25-26H,6-7,9-14,19-20H2,(H,36,37)/t25-,26+. The number of hydrogen-bond donors (Lipinski definition) is 1. The predicted molar refractivity (Wildman–Crippen MR) is 173 cm³/mol. The lowest BCUT2D eigenvalue weighted by molar-refractivity contribution is 0.0718. The van der Waals surface area contributed by atoms with Crippen LogP contribution in [0.4, 0.5) is 10.1 Å². The minimum Gasteiger partial charge on any atom is -0.360 e. The van der Waals surface area contributed by atoms with Crippen LogP contribution in [0, 0.1) is 5.82 Å². The molecule has 4 aromatic rings. The molecule has 0 radical (unpaired) electrons. The van der Waals surface area contributed by atoms with Gasteiger partial charge in [-0.15, -0.1) is 0 Å². The molecule has 3 aliphatic heterocycles. The van der Waals surface area contributed by atoms with Crippen molar-refractivity contribution in [1.29, 1.82) is 0 Å². The summed E-state index contributed by atoms with van der Waals surface area (Å²) in [5.41, 5.74) is 3.04. The molecule has 4 heterocycles. The van der Waals surface area contributed by atoms with Gasteiger partial charge in [0.2, 0.25) is 10.0 Å². The number of fused-ring (bicyclic) bond motifs is 3. The zero-order valence-corrected chi connectivity index (χ0v) is 26.8. The van der Waals surface area contributed by atoms with E-state index in [9.17, 15) is 17.6 Å². The van der Waals surface area contributed by atoms with E-state index in [1.807, 2.05) is 24.3 Å². The lowest BCUT2D eigenvalue weighted by atomic mass is 10.1. The highest BCUT2D eigenvalue weighted by atomic mass is 35.5. The van der Waals surface area contributed by atoms with Gasteiger partial charge < -0.3 is 14.7 Å². The van der Waals surface area contributed by atoms with Gasteiger partial charge in [-0.1, -0.05) is 35.3 Å². The molecule has 2 atom stereocenters. The predicted octanol–water partition coefficient (Wildman–Crippen LogP) is 5.05. The van der Waals surface area contributed by atoms with Crippen LogP contribution < -0.4 is 4.90 Å². The molecule has 3 fully saturated rings. The van der Waals surface area contributed by atoms with Crippen molar-refractivity contribution in [2.75, 3.05) is 50.7 Å². The monoisotopic (exact) mass is 670 g/mol. The van der Waals surface area contributed by atoms with Gasteiger partial charge >= 0.3 is 0 Å². The second-order valence-electron chi connectivity index (χ2n) is 12.0. The van der Waals surface area contributed by atoms with Crippen molar-refractivity contribution in [3.8, 4) is 0 Å². The molecular formula is C32H33Cl2FN6O3S. The van der Waals surface area contributed by atoms with Crippen LogP contribution in [-0.4, -0.2) is 96.5 Å². The number of carbonyl (C=O) groups is 1. The maximum absolute atomic E-state index is 14.0. The van der Waals surface area contributed by atoms with Gasteiger partial charge in [0.05, 0.1) is 32.9 Å². The molecule has 0 unspecified atom stereocenters. The fraction of sp³-hybridized carbons (Fsp3) is 0.375. The van der Waals surface area contributed by atoms with Crippen LogP contribution in [-0.2, 0) is 16.4 Å². The average molecular weight is 672 g/mol. The Morgan fingerprint density at radius 2 is 1.67 bits per heavy atom. The van der Waals surface area contributed by atoms with Gasteiger partial charge in [-0.05, 0) is 67.3 Å². The molecular weight excluding hydrogens is 638 g/mol. The topological polar surface area (TPSA) is 92.8 Å². The summed E-state index contributed by atoms with van der Waals surface area (Å²) in [6.07, 6.45) is 4.25. The molecule has 3 saturated heterocycles. The molecule has 3 aromatic carbocycles. The van der Waals surface area contributed by atoms with E-state index in [2.05, 4.69) is 20.0 Å². The van der Waals surface area contributed by atoms with Crippen molar-refractivity contribution in [2.24, 2.45) is 0 Å². The first kappa shape index (κ1) is 30.4. The number of nitrogens with one attached hydrogen (secondary N) is 1. The lowest BCUT2D eigenvalue weighted by Crippen LogP contribution is -2.55. The Labute approximate surface area is 271 Å². The van der Waals surface area contributed by atoms with Gasteiger partial charge in [0, 0.05) is 68.3 Å². The van der Waals surface area contributed by atoms with Crippen LogP contribution in [0.3, 0.4) is 0 Å². The number of anilines is 1. The Bertz CT molecular complexity index is 1830. The first-order valence-electron chi connectivity index (χ1n) is 15.1. The SMILES string of the molecule is O=C(c1ccc(F)cc1Cl)N1C[C@H]2CC[C@@H](C1)N2c1cc(S(=O)(=O)N2CCN(CCc3ccc(Cl)cc3)CC2)cc2cn[nH]c12. The molecule has 0 spiro atoms. The summed E-state index contributed by atoms with van der Waals surface area (Å²) in [4.78, 5) is 19.9. The molecule has 0 saturated carbocycles. The number of sulfonamides is 1. The van der Waals surface area contributed by atoms with Crippen molar-refractivity contribution in [3.63, 3.8) is 0 Å². The lowest BCUT2D eigenvalue weighted by Gasteiger charge is -2.43. The van der Waals surface area contributed by atoms with Gasteiger partial charge in [0.25, 0.3) is 5.91 Å². The molecule has 1 amide bonds. The van der Waals surface area contributed by atoms with Crippen LogP contribution in [0.15, 0.2) is 65.7 Å². The van der Waals surface area contributed by atoms with E-state index in [0.717, 1.165) is 48.5 Å². The second-order valence-corrected chi connectivity index (χ2v) is 14.8. The third-order valence-electron chi connectivity index (χ3n) is 9.31. The third kappa shape index (κ3) is 5.92. The van der Waals surface area contributed by atoms with Crippen molar-refractivity contribution >= 4 is 55.7 Å². The van der Waals surface area contributed by atoms with Crippen LogP contribution in [0.1, 0.15) is 28.8 Å². The number of hydrogen-bond acceptors (Lipinski definition) is 6. The quantitative estimate of drug-likeness (QED) is 0.296. The van der Waals surface area contributed by atoms with Gasteiger partial charge in [0.1, 0.15) is 5.82 Å². The molecule has 13 heteroatoms. The number of H-pyrrole nitrogens is 1. The second kappa shape index (κ2) is 12.2. The number of carbonyl (C=O) groups excluding carboxylic acids is 1. The van der Waals surface area contributed by atoms with E-state index >= 15 is 0 Å². The smallest absolute Gasteiger partial charge is 0.255 e. The van der Waals surface area contributed by atoms with Gasteiger partial charge in [0.15, 0.2) is 0 Å². The molecule has 1 N–H and O–H groups in total. The molecule has 45 heavy (non-hydrogen) atoms. The normalized spacial score (nSPS) is 21.1. The van der Waals surface area contributed by atoms with Crippen molar-refractivity contribution in [1.82, 2.24) is 24.3 Å². The van der Waals surface area contributed by atoms with Gasteiger partial charge in [-0.3, -0.25) is 9.89 Å². The highest BCUT2D eigenvalue weighted by Gasteiger charge is 2.43. The summed E-state index contributed by atoms with van der Waals surface area (Å²) in [7, 11) is -3.76. The van der Waals surface area contributed by atoms with E-state index in [1.165, 1.54) is 17.7 Å². The number of rotatable bonds is 7. The number of benzene rings is 3. The molecule has 2 bridgehead atoms. The number of piperazine rings is 2. The van der Waals surface area contributed by atoms with Crippen LogP contribution in [0.2, 0.25) is 10.0 Å². The fourth-order valence-corrected chi connectivity index (χ4v) is 8.79. The van der Waals surface area contributed by atoms with E-state index in [0.29, 0.717) is 44.3 Å². The third-order valence-corrected chi connectivity index (χ3v) is 11.8. The highest BCUT2D eigenvalue weighted by molar-refractivity contribution is 7.89. The average Bonchev–Trinajstić information content (AvgIpc) is 3.61. The Kier molecular flexibility index (Phi) is 8.24. The Balaban J connectivity index is 1.08. The van der Waals surface area contributed by atoms with E-state index in [1.54, 1.807) is 27.5 Å². The minimum absolute atomic E-state index is 0.0134. The number of aromatic nitrogens is 2. The summed E-state index contributed by atoms with van der Waals surface area (Å²) < 4.78 is 43.2. The zero-order valence-electron chi connectivity index (χ0n) is 24.5. The molecule has 1 aromatic heterocycles. The Hall–Kier alpha value is -3.22. The van der Waals surface area contributed by atoms with E-state index in [-0.39, 0.29) is 33.5 Å². The molecule has 236 valence electrons. The van der Waals surface area contributed by atoms with Crippen LogP contribution in [0.25, 0.3) is 10.9 Å². The molecule has 9 nitrogen and oxygen atoms in total. The molecule has 7 rings (SSSR count).